The van der Waals surface area contributed by atoms with Crippen LogP contribution >= 0.6 is 11.3 Å². The molecule has 12 rings (SSSR count). The summed E-state index contributed by atoms with van der Waals surface area (Å²) >= 11 is 0.104. The molecule has 315 valence electrons. The summed E-state index contributed by atoms with van der Waals surface area (Å²) in [6, 6.07) is 77.8. The van der Waals surface area contributed by atoms with Crippen LogP contribution < -0.4 is 4.40 Å². The van der Waals surface area contributed by atoms with Gasteiger partial charge in [-0.05, 0) is 49.7 Å². The minimum atomic E-state index is -1.72. The Morgan fingerprint density at radius 1 is 0.523 bits per heavy atom. The summed E-state index contributed by atoms with van der Waals surface area (Å²) in [6.07, 6.45) is 2.04. The fourth-order valence-electron chi connectivity index (χ4n) is 8.90. The summed E-state index contributed by atoms with van der Waals surface area (Å²) in [5, 5.41) is 7.26. The SMILES string of the molecule is [CH3][Ge]([CH3])([CH3])[c]1ccc(-c2[c-]cccc2)nc1.[Ir].[c-]1ccc2c(sc3ccccc32)c1-c1nc2c3ccccc3c3ccccc3c2n1-c1cc(-c2ccccc2)ccc1-c1ccccc1. The summed E-state index contributed by atoms with van der Waals surface area (Å²) in [5.74, 6) is 8.04. The second-order valence-electron chi connectivity index (χ2n) is 17.2. The molecule has 3 aromatic heterocycles. The summed E-state index contributed by atoms with van der Waals surface area (Å²) in [4.78, 5) is 10.2. The number of pyridine rings is 1. The van der Waals surface area contributed by atoms with Gasteiger partial charge in [0, 0.05) is 46.8 Å². The molecular weight excluding hydrogens is 1050 g/mol. The molecule has 0 N–H and O–H groups in total. The average Bonchev–Trinajstić information content (AvgIpc) is 3.95. The first-order valence-corrected chi connectivity index (χ1v) is 29.9. The third-order valence-corrected chi connectivity index (χ3v) is 17.6. The third-order valence-electron chi connectivity index (χ3n) is 12.1. The van der Waals surface area contributed by atoms with Crippen LogP contribution in [0.25, 0.3) is 103 Å². The Morgan fingerprint density at radius 3 is 1.86 bits per heavy atom. The van der Waals surface area contributed by atoms with E-state index in [4.69, 9.17) is 4.98 Å². The average molecular weight is 1090 g/mol. The Labute approximate surface area is 399 Å². The molecule has 0 saturated heterocycles. The van der Waals surface area contributed by atoms with E-state index in [1.165, 1.54) is 46.3 Å². The van der Waals surface area contributed by atoms with Gasteiger partial charge in [0.25, 0.3) is 0 Å². The standard InChI is InChI=1S/C45H27N2S.C14H16GeN.Ir/c1-3-14-29(15-4-1)31-26-27-32(30-16-5-2-6-17-30)40(28-31)47-43-37-22-10-8-19-34(37)33-18-7-9-21-36(33)42(43)46-45(47)39-24-13-23-38-35-20-11-12-25-41(35)48-44(38)39;1-15(2,3)13-9-10-14(16-11-13)12-7-5-4-6-8-12;/h1-23,25-28H;4-7,9-11H,1-3H3;/q2*-1;. The van der Waals surface area contributed by atoms with Gasteiger partial charge in [0.05, 0.1) is 16.9 Å². The van der Waals surface area contributed by atoms with Gasteiger partial charge in [0.2, 0.25) is 0 Å². The van der Waals surface area contributed by atoms with Crippen molar-refractivity contribution in [3.63, 3.8) is 0 Å². The van der Waals surface area contributed by atoms with Crippen molar-refractivity contribution in [2.75, 3.05) is 0 Å². The zero-order valence-electron chi connectivity index (χ0n) is 36.2. The number of imidazole rings is 1. The fraction of sp³-hybridized carbons (Fsp3) is 0.0508. The van der Waals surface area contributed by atoms with Crippen LogP contribution in [0.4, 0.5) is 0 Å². The van der Waals surface area contributed by atoms with Crippen LogP contribution in [0, 0.1) is 12.1 Å². The molecule has 3 nitrogen and oxygen atoms in total. The normalized spacial score (nSPS) is 11.5. The van der Waals surface area contributed by atoms with Gasteiger partial charge >= 0.3 is 99.8 Å². The molecule has 0 aliphatic rings. The Kier molecular flexibility index (Phi) is 11.7. The van der Waals surface area contributed by atoms with E-state index in [9.17, 15) is 0 Å². The van der Waals surface area contributed by atoms with Gasteiger partial charge < -0.3 is 4.57 Å². The van der Waals surface area contributed by atoms with Crippen molar-refractivity contribution in [1.82, 2.24) is 14.5 Å². The van der Waals surface area contributed by atoms with Crippen LogP contribution in [0.2, 0.25) is 17.3 Å². The zero-order valence-corrected chi connectivity index (χ0v) is 41.5. The minimum absolute atomic E-state index is 0. The maximum Gasteiger partial charge on any atom is 0.0859 e. The largest absolute Gasteiger partial charge is 0.332 e. The molecular formula is C59H43GeIrN3S-2. The second kappa shape index (κ2) is 17.8. The molecule has 0 atom stereocenters. The summed E-state index contributed by atoms with van der Waals surface area (Å²) in [7, 11) is 0. The zero-order chi connectivity index (χ0) is 43.2. The van der Waals surface area contributed by atoms with Crippen LogP contribution in [0.3, 0.4) is 0 Å². The summed E-state index contributed by atoms with van der Waals surface area (Å²) in [6.45, 7) is 0. The van der Waals surface area contributed by atoms with Crippen LogP contribution in [-0.2, 0) is 20.1 Å². The molecule has 0 aliphatic heterocycles. The topological polar surface area (TPSA) is 30.7 Å². The van der Waals surface area contributed by atoms with E-state index in [0.29, 0.717) is 0 Å². The van der Waals surface area contributed by atoms with Crippen molar-refractivity contribution < 1.29 is 20.1 Å². The van der Waals surface area contributed by atoms with E-state index in [2.05, 4.69) is 215 Å². The Bertz CT molecular complexity index is 3630. The van der Waals surface area contributed by atoms with Crippen molar-refractivity contribution >= 4 is 81.7 Å². The Morgan fingerprint density at radius 2 is 1.17 bits per heavy atom. The van der Waals surface area contributed by atoms with E-state index in [-0.39, 0.29) is 20.1 Å². The smallest absolute Gasteiger partial charge is 0.0859 e. The van der Waals surface area contributed by atoms with Crippen molar-refractivity contribution in [3.8, 4) is 50.6 Å². The molecule has 6 heteroatoms. The van der Waals surface area contributed by atoms with Crippen molar-refractivity contribution in [1.29, 1.82) is 0 Å². The van der Waals surface area contributed by atoms with Gasteiger partial charge in [0.15, 0.2) is 0 Å². The number of benzene rings is 9. The molecule has 0 spiro atoms. The van der Waals surface area contributed by atoms with Crippen molar-refractivity contribution in [2.24, 2.45) is 0 Å². The van der Waals surface area contributed by atoms with Gasteiger partial charge in [-0.3, -0.25) is 4.98 Å². The Hall–Kier alpha value is -6.47. The molecule has 65 heavy (non-hydrogen) atoms. The first-order valence-electron chi connectivity index (χ1n) is 21.7. The maximum absolute atomic E-state index is 5.63. The molecule has 0 saturated carbocycles. The van der Waals surface area contributed by atoms with E-state index < -0.39 is 13.3 Å². The maximum atomic E-state index is 5.63. The van der Waals surface area contributed by atoms with Crippen LogP contribution in [-0.4, -0.2) is 27.8 Å². The van der Waals surface area contributed by atoms with Gasteiger partial charge in [-0.15, -0.1) is 18.2 Å². The first kappa shape index (κ1) is 42.5. The van der Waals surface area contributed by atoms with Crippen LogP contribution in [0.15, 0.2) is 206 Å². The molecule has 0 unspecified atom stereocenters. The molecule has 1 radical (unpaired) electrons. The monoisotopic (exact) mass is 1090 g/mol. The fourth-order valence-corrected chi connectivity index (χ4v) is 12.3. The number of aromatic nitrogens is 3. The predicted octanol–water partition coefficient (Wildman–Crippen LogP) is 15.6. The molecule has 0 amide bonds. The molecule has 9 aromatic carbocycles. The van der Waals surface area contributed by atoms with E-state index in [0.717, 1.165) is 61.4 Å². The summed E-state index contributed by atoms with van der Waals surface area (Å²) in [5.41, 5.74) is 10.9. The van der Waals surface area contributed by atoms with Gasteiger partial charge in [-0.25, -0.2) is 0 Å². The molecule has 12 aromatic rings. The van der Waals surface area contributed by atoms with Crippen molar-refractivity contribution in [3.05, 3.63) is 219 Å². The number of hydrogen-bond acceptors (Lipinski definition) is 3. The third kappa shape index (κ3) is 7.93. The second-order valence-corrected chi connectivity index (χ2v) is 28.9. The van der Waals surface area contributed by atoms with E-state index in [1.54, 1.807) is 0 Å². The number of rotatable bonds is 6. The van der Waals surface area contributed by atoms with Gasteiger partial charge in [-0.2, -0.15) is 11.3 Å². The summed E-state index contributed by atoms with van der Waals surface area (Å²) < 4.78 is 6.33. The van der Waals surface area contributed by atoms with E-state index >= 15 is 0 Å². The van der Waals surface area contributed by atoms with Crippen LogP contribution in [0.1, 0.15) is 0 Å². The van der Waals surface area contributed by atoms with Gasteiger partial charge in [-0.1, -0.05) is 150 Å². The van der Waals surface area contributed by atoms with Crippen LogP contribution in [0.5, 0.6) is 0 Å². The number of thiophene rings is 1. The number of hydrogen-bond donors (Lipinski definition) is 0. The van der Waals surface area contributed by atoms with Crippen molar-refractivity contribution in [2.45, 2.75) is 17.3 Å². The number of fused-ring (bicyclic) bond motifs is 9. The number of nitrogens with zero attached hydrogens (tertiary/aromatic N) is 3. The predicted molar refractivity (Wildman–Crippen MR) is 276 cm³/mol. The molecule has 0 bridgehead atoms. The Balaban J connectivity index is 0.000000249. The quantitative estimate of drug-likeness (QED) is 0.0944. The molecule has 3 heterocycles. The first-order chi connectivity index (χ1) is 31.4. The molecule has 0 aliphatic carbocycles. The molecule has 0 fully saturated rings. The van der Waals surface area contributed by atoms with Gasteiger partial charge in [0.1, 0.15) is 0 Å². The minimum Gasteiger partial charge on any atom is -0.332 e. The van der Waals surface area contributed by atoms with E-state index in [1.807, 2.05) is 41.8 Å².